The summed E-state index contributed by atoms with van der Waals surface area (Å²) in [6.07, 6.45) is 2.57. The van der Waals surface area contributed by atoms with Crippen molar-refractivity contribution < 1.29 is 9.36 Å². The highest BCUT2D eigenvalue weighted by Crippen LogP contribution is 2.26. The van der Waals surface area contributed by atoms with Gasteiger partial charge >= 0.3 is 0 Å². The normalized spacial score (nSPS) is 11.4. The zero-order valence-corrected chi connectivity index (χ0v) is 17.4. The molecule has 1 aromatic carbocycles. The SMILES string of the molecule is CCn1c(CN(C=O)c2nc3c(C)c[nH]c3nc2N)[n+](CC)c2ccc(Cl)cc21. The van der Waals surface area contributed by atoms with E-state index >= 15 is 0 Å². The first kappa shape index (κ1) is 19.2. The summed E-state index contributed by atoms with van der Waals surface area (Å²) in [5.74, 6) is 1.52. The number of aromatic nitrogens is 5. The standard InChI is InChI=1S/C20H23ClN7O/c1-4-27-14-7-6-13(21)8-15(14)28(5-2)16(27)10-26(11-29)20-18(22)25-19-17(24-20)12(3)9-23-19/h6-9,11H,4-5,10H2,1-3H3,(H3,22,23,25)/q+1. The van der Waals surface area contributed by atoms with Crippen LogP contribution in [0.15, 0.2) is 24.4 Å². The Kier molecular flexibility index (Phi) is 4.87. The number of fused-ring (bicyclic) bond motifs is 2. The number of benzene rings is 1. The molecule has 8 nitrogen and oxygen atoms in total. The highest BCUT2D eigenvalue weighted by atomic mass is 35.5. The number of nitrogens with two attached hydrogens (primary N) is 1. The third-order valence-electron chi connectivity index (χ3n) is 5.19. The van der Waals surface area contributed by atoms with Gasteiger partial charge < -0.3 is 10.7 Å². The summed E-state index contributed by atoms with van der Waals surface area (Å²) in [5.41, 5.74) is 10.5. The molecule has 3 heterocycles. The van der Waals surface area contributed by atoms with Crippen molar-refractivity contribution in [1.82, 2.24) is 19.5 Å². The number of imidazole rings is 1. The molecular formula is C20H23ClN7O+. The number of H-pyrrole nitrogens is 1. The fourth-order valence-electron chi connectivity index (χ4n) is 3.83. The minimum atomic E-state index is 0.205. The summed E-state index contributed by atoms with van der Waals surface area (Å²) in [6.45, 7) is 7.88. The van der Waals surface area contributed by atoms with Crippen LogP contribution in [0.1, 0.15) is 25.2 Å². The molecule has 0 fully saturated rings. The molecule has 0 aliphatic carbocycles. The van der Waals surface area contributed by atoms with Crippen molar-refractivity contribution in [3.8, 4) is 0 Å². The molecule has 4 rings (SSSR count). The van der Waals surface area contributed by atoms with Gasteiger partial charge in [0.05, 0.1) is 13.1 Å². The van der Waals surface area contributed by atoms with E-state index in [-0.39, 0.29) is 5.82 Å². The number of hydrogen-bond acceptors (Lipinski definition) is 4. The molecule has 1 amide bonds. The van der Waals surface area contributed by atoms with E-state index in [0.717, 1.165) is 41.9 Å². The molecule has 150 valence electrons. The molecule has 0 saturated heterocycles. The first-order valence-electron chi connectivity index (χ1n) is 9.52. The van der Waals surface area contributed by atoms with Crippen molar-refractivity contribution in [1.29, 1.82) is 0 Å². The molecule has 3 N–H and O–H groups in total. The van der Waals surface area contributed by atoms with Crippen LogP contribution in [0.2, 0.25) is 5.02 Å². The second kappa shape index (κ2) is 7.36. The van der Waals surface area contributed by atoms with Crippen LogP contribution in [0.3, 0.4) is 0 Å². The molecule has 4 aromatic rings. The van der Waals surface area contributed by atoms with Crippen LogP contribution in [0.4, 0.5) is 11.6 Å². The van der Waals surface area contributed by atoms with Crippen LogP contribution < -0.4 is 15.2 Å². The number of amides is 1. The summed E-state index contributed by atoms with van der Waals surface area (Å²) < 4.78 is 4.33. The average Bonchev–Trinajstić information content (AvgIpc) is 3.21. The lowest BCUT2D eigenvalue weighted by atomic mass is 10.3. The second-order valence-corrected chi connectivity index (χ2v) is 7.31. The van der Waals surface area contributed by atoms with Gasteiger partial charge in [0.2, 0.25) is 6.41 Å². The topological polar surface area (TPSA) is 96.7 Å². The predicted octanol–water partition coefficient (Wildman–Crippen LogP) is 2.95. The minimum absolute atomic E-state index is 0.205. The maximum absolute atomic E-state index is 12.0. The van der Waals surface area contributed by atoms with Crippen molar-refractivity contribution in [2.75, 3.05) is 10.6 Å². The number of nitrogens with one attached hydrogen (secondary N) is 1. The highest BCUT2D eigenvalue weighted by Gasteiger charge is 2.27. The van der Waals surface area contributed by atoms with Crippen LogP contribution >= 0.6 is 11.6 Å². The van der Waals surface area contributed by atoms with E-state index in [4.69, 9.17) is 17.3 Å². The zero-order chi connectivity index (χ0) is 20.7. The molecule has 0 saturated carbocycles. The Bertz CT molecular complexity index is 1230. The third kappa shape index (κ3) is 3.09. The van der Waals surface area contributed by atoms with E-state index in [1.54, 1.807) is 0 Å². The number of carbonyl (C=O) groups is 1. The van der Waals surface area contributed by atoms with Gasteiger partial charge in [-0.3, -0.25) is 9.69 Å². The van der Waals surface area contributed by atoms with Crippen LogP contribution in [0.5, 0.6) is 0 Å². The van der Waals surface area contributed by atoms with Crippen LogP contribution in [0.25, 0.3) is 22.2 Å². The molecule has 0 spiro atoms. The molecule has 0 unspecified atom stereocenters. The van der Waals surface area contributed by atoms with Crippen molar-refractivity contribution in [2.45, 2.75) is 40.4 Å². The van der Waals surface area contributed by atoms with Gasteiger partial charge in [-0.25, -0.2) is 19.1 Å². The number of hydrogen-bond donors (Lipinski definition) is 2. The molecule has 0 aliphatic rings. The smallest absolute Gasteiger partial charge is 0.277 e. The fraction of sp³-hybridized carbons (Fsp3) is 0.300. The van der Waals surface area contributed by atoms with E-state index in [1.165, 1.54) is 4.90 Å². The Morgan fingerprint density at radius 3 is 2.83 bits per heavy atom. The van der Waals surface area contributed by atoms with E-state index in [9.17, 15) is 4.79 Å². The van der Waals surface area contributed by atoms with Crippen LogP contribution in [-0.2, 0) is 24.4 Å². The van der Waals surface area contributed by atoms with Gasteiger partial charge in [0.1, 0.15) is 12.1 Å². The van der Waals surface area contributed by atoms with Gasteiger partial charge in [0.15, 0.2) is 28.3 Å². The van der Waals surface area contributed by atoms with Gasteiger partial charge in [0, 0.05) is 17.3 Å². The number of anilines is 2. The zero-order valence-electron chi connectivity index (χ0n) is 16.6. The van der Waals surface area contributed by atoms with Gasteiger partial charge in [-0.05, 0) is 38.5 Å². The first-order chi connectivity index (χ1) is 14.0. The Hall–Kier alpha value is -3.13. The lowest BCUT2D eigenvalue weighted by Crippen LogP contribution is -2.40. The molecule has 0 atom stereocenters. The van der Waals surface area contributed by atoms with E-state index in [0.29, 0.717) is 28.5 Å². The quantitative estimate of drug-likeness (QED) is 0.376. The molecule has 0 radical (unpaired) electrons. The summed E-state index contributed by atoms with van der Waals surface area (Å²) in [4.78, 5) is 25.6. The number of aryl methyl sites for hydroxylation is 3. The van der Waals surface area contributed by atoms with Gasteiger partial charge in [-0.15, -0.1) is 0 Å². The molecule has 0 bridgehead atoms. The third-order valence-corrected chi connectivity index (χ3v) is 5.42. The maximum atomic E-state index is 12.0. The lowest BCUT2D eigenvalue weighted by Gasteiger charge is -2.17. The molecule has 0 aliphatic heterocycles. The molecule has 3 aromatic heterocycles. The highest BCUT2D eigenvalue weighted by molar-refractivity contribution is 6.31. The van der Waals surface area contributed by atoms with E-state index in [2.05, 4.69) is 37.9 Å². The van der Waals surface area contributed by atoms with Crippen molar-refractivity contribution in [3.05, 3.63) is 40.8 Å². The number of rotatable bonds is 6. The van der Waals surface area contributed by atoms with Crippen LogP contribution in [-0.4, -0.2) is 25.9 Å². The summed E-state index contributed by atoms with van der Waals surface area (Å²) in [5, 5.41) is 0.676. The van der Waals surface area contributed by atoms with Crippen molar-refractivity contribution in [2.24, 2.45) is 0 Å². The number of halogens is 1. The molecular weight excluding hydrogens is 390 g/mol. The van der Waals surface area contributed by atoms with Crippen molar-refractivity contribution in [3.63, 3.8) is 0 Å². The number of carbonyl (C=O) groups excluding carboxylic acids is 1. The molecule has 9 heteroatoms. The Morgan fingerprint density at radius 1 is 1.34 bits per heavy atom. The lowest BCUT2D eigenvalue weighted by molar-refractivity contribution is -0.676. The summed E-state index contributed by atoms with van der Waals surface area (Å²) in [6, 6.07) is 5.83. The second-order valence-electron chi connectivity index (χ2n) is 6.87. The first-order valence-corrected chi connectivity index (χ1v) is 9.89. The van der Waals surface area contributed by atoms with E-state index in [1.807, 2.05) is 31.3 Å². The van der Waals surface area contributed by atoms with Gasteiger partial charge in [-0.1, -0.05) is 11.6 Å². The average molecular weight is 413 g/mol. The molecule has 29 heavy (non-hydrogen) atoms. The Balaban J connectivity index is 1.86. The largest absolute Gasteiger partial charge is 0.381 e. The van der Waals surface area contributed by atoms with Crippen molar-refractivity contribution >= 4 is 51.8 Å². The van der Waals surface area contributed by atoms with Gasteiger partial charge in [-0.2, -0.15) is 0 Å². The predicted molar refractivity (Wildman–Crippen MR) is 114 cm³/mol. The number of aromatic amines is 1. The van der Waals surface area contributed by atoms with E-state index < -0.39 is 0 Å². The number of nitrogen functional groups attached to an aromatic ring is 1. The number of nitrogens with zero attached hydrogens (tertiary/aromatic N) is 5. The Labute approximate surface area is 172 Å². The summed E-state index contributed by atoms with van der Waals surface area (Å²) in [7, 11) is 0. The van der Waals surface area contributed by atoms with Gasteiger partial charge in [0.25, 0.3) is 5.82 Å². The summed E-state index contributed by atoms with van der Waals surface area (Å²) >= 11 is 6.23. The monoisotopic (exact) mass is 412 g/mol. The van der Waals surface area contributed by atoms with Crippen LogP contribution in [0, 0.1) is 6.92 Å². The minimum Gasteiger partial charge on any atom is -0.381 e. The fourth-order valence-corrected chi connectivity index (χ4v) is 3.99. The Morgan fingerprint density at radius 2 is 2.14 bits per heavy atom. The maximum Gasteiger partial charge on any atom is 0.277 e.